The molecule has 1 fully saturated rings. The number of benzene rings is 1. The van der Waals surface area contributed by atoms with Gasteiger partial charge in [0.1, 0.15) is 24.0 Å². The smallest absolute Gasteiger partial charge is 0.459 e. The molecule has 1 saturated heterocycles. The Morgan fingerprint density at radius 3 is 2.57 bits per heavy atom. The summed E-state index contributed by atoms with van der Waals surface area (Å²) < 4.78 is 51.9. The summed E-state index contributed by atoms with van der Waals surface area (Å²) >= 11 is 0. The number of nitrogens with one attached hydrogen (secondary N) is 2. The molecule has 0 bridgehead atoms. The highest BCUT2D eigenvalue weighted by Gasteiger charge is 2.56. The summed E-state index contributed by atoms with van der Waals surface area (Å²) in [6.07, 6.45) is -4.02. The number of para-hydroxylation sites is 1. The summed E-state index contributed by atoms with van der Waals surface area (Å²) in [6.45, 7) is 5.38. The van der Waals surface area contributed by atoms with E-state index in [0.29, 0.717) is 0 Å². The highest BCUT2D eigenvalue weighted by molar-refractivity contribution is 7.52. The minimum absolute atomic E-state index is 0.159. The maximum atomic E-state index is 15.5. The minimum Gasteiger partial charge on any atom is -0.462 e. The van der Waals surface area contributed by atoms with Crippen molar-refractivity contribution in [3.63, 3.8) is 0 Å². The van der Waals surface area contributed by atoms with E-state index in [0.717, 1.165) is 23.8 Å². The van der Waals surface area contributed by atoms with Gasteiger partial charge < -0.3 is 19.1 Å². The number of nitrogens with zero attached hydrogens (tertiary/aromatic N) is 1. The van der Waals surface area contributed by atoms with Crippen LogP contribution in [0.3, 0.4) is 0 Å². The number of hydrogen-bond acceptors (Lipinski definition) is 9. The Balaban J connectivity index is 1.82. The molecule has 204 valence electrons. The van der Waals surface area contributed by atoms with E-state index in [4.69, 9.17) is 18.5 Å². The Kier molecular flexibility index (Phi) is 9.09. The molecule has 37 heavy (non-hydrogen) atoms. The zero-order valence-electron chi connectivity index (χ0n) is 20.8. The van der Waals surface area contributed by atoms with Crippen molar-refractivity contribution in [3.05, 3.63) is 63.4 Å². The zero-order valence-corrected chi connectivity index (χ0v) is 21.7. The summed E-state index contributed by atoms with van der Waals surface area (Å²) in [4.78, 5) is 38.0. The lowest BCUT2D eigenvalue weighted by molar-refractivity contribution is -0.149. The molecule has 0 aliphatic carbocycles. The zero-order chi connectivity index (χ0) is 27.4. The Morgan fingerprint density at radius 2 is 1.97 bits per heavy atom. The van der Waals surface area contributed by atoms with Crippen LogP contribution in [0.1, 0.15) is 40.3 Å². The summed E-state index contributed by atoms with van der Waals surface area (Å²) in [5.41, 5.74) is -4.11. The fourth-order valence-corrected chi connectivity index (χ4v) is 5.25. The second-order valence-electron chi connectivity index (χ2n) is 8.91. The monoisotopic (exact) mass is 543 g/mol. The van der Waals surface area contributed by atoms with Crippen LogP contribution in [-0.2, 0) is 23.4 Å². The van der Waals surface area contributed by atoms with Gasteiger partial charge in [-0.15, -0.1) is 0 Å². The fourth-order valence-electron chi connectivity index (χ4n) is 3.66. The van der Waals surface area contributed by atoms with Gasteiger partial charge in [0.05, 0.1) is 12.7 Å². The van der Waals surface area contributed by atoms with Gasteiger partial charge in [-0.1, -0.05) is 25.1 Å². The van der Waals surface area contributed by atoms with E-state index in [2.05, 4.69) is 5.09 Å². The molecule has 0 saturated carbocycles. The normalized spacial score (nSPS) is 26.0. The van der Waals surface area contributed by atoms with Gasteiger partial charge in [-0.25, -0.2) is 13.8 Å². The van der Waals surface area contributed by atoms with Gasteiger partial charge in [-0.3, -0.25) is 23.7 Å². The number of halogens is 1. The Labute approximate surface area is 212 Å². The van der Waals surface area contributed by atoms with Crippen molar-refractivity contribution < 1.29 is 37.4 Å². The largest absolute Gasteiger partial charge is 0.462 e. The molecular weight excluding hydrogens is 512 g/mol. The molecule has 2 heterocycles. The third-order valence-electron chi connectivity index (χ3n) is 5.56. The summed E-state index contributed by atoms with van der Waals surface area (Å²) in [7, 11) is -4.32. The number of carbonyl (C=O) groups is 1. The molecule has 14 heteroatoms. The summed E-state index contributed by atoms with van der Waals surface area (Å²) in [5, 5.41) is 13.2. The number of aliphatic hydroxyl groups excluding tert-OH is 1. The first kappa shape index (κ1) is 28.7. The van der Waals surface area contributed by atoms with Crippen molar-refractivity contribution in [2.75, 3.05) is 6.61 Å². The van der Waals surface area contributed by atoms with Crippen LogP contribution < -0.4 is 20.9 Å². The maximum Gasteiger partial charge on any atom is 0.459 e. The van der Waals surface area contributed by atoms with Crippen LogP contribution in [0.5, 0.6) is 5.75 Å². The van der Waals surface area contributed by atoms with Gasteiger partial charge in [-0.05, 0) is 39.3 Å². The number of aromatic nitrogens is 2. The molecule has 3 N–H and O–H groups in total. The molecule has 1 aromatic heterocycles. The minimum atomic E-state index is -4.32. The lowest BCUT2D eigenvalue weighted by atomic mass is 9.98. The van der Waals surface area contributed by atoms with E-state index in [9.17, 15) is 24.1 Å². The van der Waals surface area contributed by atoms with Crippen LogP contribution in [0.15, 0.2) is 52.2 Å². The van der Waals surface area contributed by atoms with Crippen LogP contribution in [-0.4, -0.2) is 57.3 Å². The summed E-state index contributed by atoms with van der Waals surface area (Å²) in [5.74, 6) is -0.518. The molecule has 1 aromatic carbocycles. The highest BCUT2D eigenvalue weighted by atomic mass is 31.2. The first-order valence-corrected chi connectivity index (χ1v) is 13.2. The molecule has 6 atom stereocenters. The first-order valence-electron chi connectivity index (χ1n) is 11.7. The van der Waals surface area contributed by atoms with Crippen LogP contribution in [0.25, 0.3) is 0 Å². The molecule has 1 aliphatic heterocycles. The SMILES string of the molecule is CC[C@H](NP(=O)(OC[C@H]1O[C@@H](n2ccc(=O)[nH]c2=O)[C@](C)(F)[C@@H]1O)Oc1ccccc1)C(=O)OC(C)C. The van der Waals surface area contributed by atoms with Crippen LogP contribution in [0, 0.1) is 0 Å². The van der Waals surface area contributed by atoms with Crippen LogP contribution in [0.2, 0.25) is 0 Å². The lowest BCUT2D eigenvalue weighted by Crippen LogP contribution is -2.44. The third-order valence-corrected chi connectivity index (χ3v) is 7.13. The van der Waals surface area contributed by atoms with Crippen LogP contribution in [0.4, 0.5) is 4.39 Å². The van der Waals surface area contributed by atoms with Gasteiger partial charge in [0.2, 0.25) is 0 Å². The molecule has 1 unspecified atom stereocenters. The molecule has 0 amide bonds. The number of ether oxygens (including phenoxy) is 2. The Hall–Kier alpha value is -2.83. The van der Waals surface area contributed by atoms with Gasteiger partial charge in [0, 0.05) is 12.3 Å². The molecule has 2 aromatic rings. The quantitative estimate of drug-likeness (QED) is 0.283. The number of alkyl halides is 1. The standard InChI is InChI=1S/C23H31FN3O9P/c1-5-16(20(30)34-14(2)3)26-37(32,36-15-9-7-6-8-10-15)33-13-17-19(29)23(4,24)21(35-17)27-12-11-18(28)25-22(27)31/h6-12,14,16-17,19,21,29H,5,13H2,1-4H3,(H,26,32)(H,25,28,31)/t16-,17+,19+,21+,23+,37?/m0/s1. The van der Waals surface area contributed by atoms with E-state index < -0.39 is 67.8 Å². The number of aliphatic hydroxyl groups is 1. The van der Waals surface area contributed by atoms with E-state index in [1.54, 1.807) is 39.0 Å². The van der Waals surface area contributed by atoms with Crippen molar-refractivity contribution in [2.24, 2.45) is 0 Å². The Bertz CT molecular complexity index is 1230. The van der Waals surface area contributed by atoms with Gasteiger partial charge in [0.15, 0.2) is 11.9 Å². The molecule has 1 aliphatic rings. The molecule has 3 rings (SSSR count). The molecule has 12 nitrogen and oxygen atoms in total. The van der Waals surface area contributed by atoms with Gasteiger partial charge >= 0.3 is 19.4 Å². The number of rotatable bonds is 11. The molecule has 0 radical (unpaired) electrons. The number of hydrogen-bond donors (Lipinski definition) is 3. The van der Waals surface area contributed by atoms with E-state index >= 15 is 4.39 Å². The fraction of sp³-hybridized carbons (Fsp3) is 0.522. The number of esters is 1. The van der Waals surface area contributed by atoms with Crippen LogP contribution >= 0.6 is 7.75 Å². The van der Waals surface area contributed by atoms with Gasteiger partial charge in [-0.2, -0.15) is 5.09 Å². The topological polar surface area (TPSA) is 158 Å². The lowest BCUT2D eigenvalue weighted by Gasteiger charge is -2.26. The van der Waals surface area contributed by atoms with Gasteiger partial charge in [0.25, 0.3) is 5.56 Å². The molecular formula is C23H31FN3O9P. The van der Waals surface area contributed by atoms with Crippen molar-refractivity contribution in [1.82, 2.24) is 14.6 Å². The third kappa shape index (κ3) is 6.93. The van der Waals surface area contributed by atoms with Crippen molar-refractivity contribution in [1.29, 1.82) is 0 Å². The first-order chi connectivity index (χ1) is 17.4. The second-order valence-corrected chi connectivity index (χ2v) is 10.6. The average Bonchev–Trinajstić information content (AvgIpc) is 3.05. The predicted octanol–water partition coefficient (Wildman–Crippen LogP) is 2.05. The predicted molar refractivity (Wildman–Crippen MR) is 130 cm³/mol. The average molecular weight is 543 g/mol. The maximum absolute atomic E-state index is 15.5. The summed E-state index contributed by atoms with van der Waals surface area (Å²) in [6, 6.07) is 7.95. The van der Waals surface area contributed by atoms with Crippen molar-refractivity contribution in [3.8, 4) is 5.75 Å². The Morgan fingerprint density at radius 1 is 1.30 bits per heavy atom. The second kappa shape index (κ2) is 11.7. The number of aromatic amines is 1. The number of H-pyrrole nitrogens is 1. The van der Waals surface area contributed by atoms with E-state index in [1.807, 2.05) is 4.98 Å². The van der Waals surface area contributed by atoms with Crippen molar-refractivity contribution in [2.45, 2.75) is 70.4 Å². The highest BCUT2D eigenvalue weighted by Crippen LogP contribution is 2.47. The number of carbonyl (C=O) groups excluding carboxylic acids is 1. The van der Waals surface area contributed by atoms with E-state index in [-0.39, 0.29) is 12.2 Å². The molecule has 0 spiro atoms. The van der Waals surface area contributed by atoms with E-state index in [1.165, 1.54) is 12.1 Å². The van der Waals surface area contributed by atoms with Crippen molar-refractivity contribution >= 4 is 13.7 Å².